The molecule has 9 heteroatoms. The Hall–Kier alpha value is -3.36. The van der Waals surface area contributed by atoms with Crippen LogP contribution in [-0.4, -0.2) is 17.9 Å². The summed E-state index contributed by atoms with van der Waals surface area (Å²) >= 11 is 0. The van der Waals surface area contributed by atoms with Crippen LogP contribution in [0.4, 0.5) is 32.0 Å². The molecule has 0 aliphatic heterocycles. The monoisotopic (exact) mass is 494 g/mol. The molecule has 0 aliphatic rings. The molecule has 0 fully saturated rings. The van der Waals surface area contributed by atoms with Crippen molar-refractivity contribution in [3.8, 4) is 11.1 Å². The first-order valence-electron chi connectivity index (χ1n) is 10.6. The van der Waals surface area contributed by atoms with Gasteiger partial charge in [0.15, 0.2) is 0 Å². The number of alkyl halides is 6. The number of rotatable bonds is 4. The maximum atomic E-state index is 13.6. The molecule has 0 bridgehead atoms. The van der Waals surface area contributed by atoms with Gasteiger partial charge in [-0.05, 0) is 68.7 Å². The van der Waals surface area contributed by atoms with Gasteiger partial charge in [-0.2, -0.15) is 26.3 Å². The van der Waals surface area contributed by atoms with Crippen molar-refractivity contribution in [1.29, 1.82) is 0 Å². The Bertz CT molecular complexity index is 1230. The fourth-order valence-corrected chi connectivity index (χ4v) is 3.88. The first kappa shape index (κ1) is 26.2. The average molecular weight is 494 g/mol. The fraction of sp³-hybridized carbons (Fsp3) is 0.308. The van der Waals surface area contributed by atoms with Crippen molar-refractivity contribution in [2.45, 2.75) is 45.5 Å². The number of benzene rings is 2. The van der Waals surface area contributed by atoms with Gasteiger partial charge in [0.1, 0.15) is 0 Å². The van der Waals surface area contributed by atoms with Gasteiger partial charge in [-0.15, -0.1) is 0 Å². The molecule has 3 nitrogen and oxygen atoms in total. The third kappa shape index (κ3) is 5.33. The third-order valence-corrected chi connectivity index (χ3v) is 5.96. The molecule has 3 aromatic rings. The average Bonchev–Trinajstić information content (AvgIpc) is 2.77. The first-order valence-corrected chi connectivity index (χ1v) is 10.6. The smallest absolute Gasteiger partial charge is 0.313 e. The Labute approximate surface area is 199 Å². The van der Waals surface area contributed by atoms with E-state index in [1.807, 2.05) is 31.2 Å². The Morgan fingerprint density at radius 1 is 0.800 bits per heavy atom. The molecule has 0 radical (unpaired) electrons. The molecule has 0 saturated carbocycles. The molecular weight excluding hydrogens is 470 g/mol. The first-order chi connectivity index (χ1) is 16.0. The number of aryl methyl sites for hydroxylation is 2. The molecule has 35 heavy (non-hydrogen) atoms. The van der Waals surface area contributed by atoms with Crippen LogP contribution in [0.2, 0.25) is 0 Å². The SMILES string of the molecule is Cc1cc(-c2ccccc2C)c(N(C)C(=O)C(C)(C)c2cc(C(F)(F)F)cc(C(F)(F)F)c2)cn1. The van der Waals surface area contributed by atoms with Gasteiger partial charge in [0.25, 0.3) is 0 Å². The molecule has 1 amide bonds. The molecule has 0 aliphatic carbocycles. The van der Waals surface area contributed by atoms with Crippen LogP contribution >= 0.6 is 0 Å². The topological polar surface area (TPSA) is 33.2 Å². The molecule has 0 N–H and O–H groups in total. The van der Waals surface area contributed by atoms with Crippen molar-refractivity contribution in [2.75, 3.05) is 11.9 Å². The zero-order chi connectivity index (χ0) is 26.3. The number of halogens is 6. The van der Waals surface area contributed by atoms with Gasteiger partial charge >= 0.3 is 12.4 Å². The summed E-state index contributed by atoms with van der Waals surface area (Å²) in [4.78, 5) is 19.1. The summed E-state index contributed by atoms with van der Waals surface area (Å²) in [6.07, 6.45) is -8.56. The summed E-state index contributed by atoms with van der Waals surface area (Å²) in [5.41, 5.74) is -1.57. The van der Waals surface area contributed by atoms with Crippen LogP contribution in [0.3, 0.4) is 0 Å². The maximum absolute atomic E-state index is 13.6. The third-order valence-electron chi connectivity index (χ3n) is 5.96. The van der Waals surface area contributed by atoms with E-state index in [1.54, 1.807) is 13.0 Å². The number of likely N-dealkylation sites (N-methyl/N-ethyl adjacent to an activating group) is 1. The number of hydrogen-bond donors (Lipinski definition) is 0. The number of nitrogens with zero attached hydrogens (tertiary/aromatic N) is 2. The molecule has 0 unspecified atom stereocenters. The van der Waals surface area contributed by atoms with Crippen LogP contribution in [0.25, 0.3) is 11.1 Å². The van der Waals surface area contributed by atoms with Crippen LogP contribution < -0.4 is 4.90 Å². The van der Waals surface area contributed by atoms with Crippen molar-refractivity contribution < 1.29 is 31.1 Å². The number of amides is 1. The standard InChI is InChI=1S/C26H24F6N2O/c1-15-8-6-7-9-20(15)21-10-16(2)33-14-22(21)34(5)23(35)24(3,4)17-11-18(25(27,28)29)13-19(12-17)26(30,31)32/h6-14H,1-5H3. The lowest BCUT2D eigenvalue weighted by molar-refractivity contribution is -0.143. The zero-order valence-corrected chi connectivity index (χ0v) is 19.8. The molecule has 0 atom stereocenters. The second-order valence-corrected chi connectivity index (χ2v) is 8.94. The highest BCUT2D eigenvalue weighted by Gasteiger charge is 2.41. The number of anilines is 1. The maximum Gasteiger partial charge on any atom is 0.416 e. The minimum Gasteiger partial charge on any atom is -0.313 e. The molecule has 0 spiro atoms. The van der Waals surface area contributed by atoms with E-state index < -0.39 is 40.4 Å². The van der Waals surface area contributed by atoms with Crippen molar-refractivity contribution in [2.24, 2.45) is 0 Å². The quantitative estimate of drug-likeness (QED) is 0.356. The van der Waals surface area contributed by atoms with E-state index in [-0.39, 0.29) is 6.07 Å². The highest BCUT2D eigenvalue weighted by atomic mass is 19.4. The summed E-state index contributed by atoms with van der Waals surface area (Å²) in [6.45, 7) is 6.27. The molecule has 1 heterocycles. The lowest BCUT2D eigenvalue weighted by Gasteiger charge is -2.32. The highest BCUT2D eigenvalue weighted by Crippen LogP contribution is 2.40. The number of hydrogen-bond acceptors (Lipinski definition) is 2. The molecule has 186 valence electrons. The molecular formula is C26H24F6N2O. The van der Waals surface area contributed by atoms with Gasteiger partial charge in [-0.1, -0.05) is 24.3 Å². The van der Waals surface area contributed by atoms with E-state index in [9.17, 15) is 31.1 Å². The van der Waals surface area contributed by atoms with Crippen molar-refractivity contribution in [3.63, 3.8) is 0 Å². The Morgan fingerprint density at radius 2 is 1.31 bits per heavy atom. The predicted molar refractivity (Wildman–Crippen MR) is 122 cm³/mol. The van der Waals surface area contributed by atoms with Crippen LogP contribution in [0.5, 0.6) is 0 Å². The predicted octanol–water partition coefficient (Wildman–Crippen LogP) is 7.34. The van der Waals surface area contributed by atoms with E-state index in [1.165, 1.54) is 32.0 Å². The normalized spacial score (nSPS) is 12.5. The van der Waals surface area contributed by atoms with Crippen LogP contribution in [0, 0.1) is 13.8 Å². The van der Waals surface area contributed by atoms with E-state index >= 15 is 0 Å². The Kier molecular flexibility index (Phi) is 6.76. The number of carbonyl (C=O) groups is 1. The molecule has 3 rings (SSSR count). The summed E-state index contributed by atoms with van der Waals surface area (Å²) in [7, 11) is 1.43. The van der Waals surface area contributed by atoms with Gasteiger partial charge in [-0.25, -0.2) is 0 Å². The summed E-state index contributed by atoms with van der Waals surface area (Å²) in [5, 5.41) is 0. The van der Waals surface area contributed by atoms with Crippen LogP contribution in [0.15, 0.2) is 54.7 Å². The van der Waals surface area contributed by atoms with Gasteiger partial charge in [0.05, 0.1) is 28.4 Å². The number of pyridine rings is 1. The van der Waals surface area contributed by atoms with E-state index in [0.29, 0.717) is 29.1 Å². The second kappa shape index (κ2) is 9.02. The largest absolute Gasteiger partial charge is 0.416 e. The van der Waals surface area contributed by atoms with E-state index in [2.05, 4.69) is 4.98 Å². The minimum absolute atomic E-state index is 0.0496. The van der Waals surface area contributed by atoms with Gasteiger partial charge in [0.2, 0.25) is 5.91 Å². The second-order valence-electron chi connectivity index (χ2n) is 8.94. The Balaban J connectivity index is 2.13. The van der Waals surface area contributed by atoms with Gasteiger partial charge in [0, 0.05) is 18.3 Å². The number of aromatic nitrogens is 1. The van der Waals surface area contributed by atoms with Gasteiger partial charge in [-0.3, -0.25) is 9.78 Å². The molecule has 0 saturated heterocycles. The minimum atomic E-state index is -5.01. The van der Waals surface area contributed by atoms with Crippen LogP contribution in [-0.2, 0) is 22.6 Å². The van der Waals surface area contributed by atoms with Gasteiger partial charge < -0.3 is 4.90 Å². The summed E-state index contributed by atoms with van der Waals surface area (Å²) in [5.74, 6) is -0.689. The van der Waals surface area contributed by atoms with Crippen molar-refractivity contribution in [1.82, 2.24) is 4.98 Å². The lowest BCUT2D eigenvalue weighted by atomic mass is 9.81. The van der Waals surface area contributed by atoms with Crippen molar-refractivity contribution in [3.05, 3.63) is 82.7 Å². The van der Waals surface area contributed by atoms with E-state index in [4.69, 9.17) is 0 Å². The summed E-state index contributed by atoms with van der Waals surface area (Å²) < 4.78 is 80.4. The Morgan fingerprint density at radius 3 is 1.83 bits per heavy atom. The van der Waals surface area contributed by atoms with E-state index in [0.717, 1.165) is 11.1 Å². The molecule has 1 aromatic heterocycles. The van der Waals surface area contributed by atoms with Crippen molar-refractivity contribution >= 4 is 11.6 Å². The molecule has 2 aromatic carbocycles. The number of carbonyl (C=O) groups excluding carboxylic acids is 1. The highest BCUT2D eigenvalue weighted by molar-refractivity contribution is 6.03. The summed E-state index contributed by atoms with van der Waals surface area (Å²) in [6, 6.07) is 10.5. The van der Waals surface area contributed by atoms with Crippen LogP contribution in [0.1, 0.15) is 41.8 Å². The lowest BCUT2D eigenvalue weighted by Crippen LogP contribution is -2.42. The fourth-order valence-electron chi connectivity index (χ4n) is 3.88. The zero-order valence-electron chi connectivity index (χ0n) is 19.8.